The van der Waals surface area contributed by atoms with Gasteiger partial charge in [-0.1, -0.05) is 78.1 Å². The Morgan fingerprint density at radius 1 is 0.778 bits per heavy atom. The van der Waals surface area contributed by atoms with Crippen LogP contribution >= 0.6 is 0 Å². The van der Waals surface area contributed by atoms with Crippen LogP contribution in [0.4, 0.5) is 0 Å². The molecule has 0 saturated heterocycles. The number of ketones is 1. The Labute approximate surface area is 115 Å². The summed E-state index contributed by atoms with van der Waals surface area (Å²) in [5.41, 5.74) is 0. The summed E-state index contributed by atoms with van der Waals surface area (Å²) in [6.07, 6.45) is 15.9. The van der Waals surface area contributed by atoms with Gasteiger partial charge in [0.25, 0.3) is 0 Å². The minimum absolute atomic E-state index is 0.332. The molecule has 0 bridgehead atoms. The van der Waals surface area contributed by atoms with E-state index in [0.717, 1.165) is 12.8 Å². The van der Waals surface area contributed by atoms with Gasteiger partial charge in [-0.05, 0) is 19.8 Å². The van der Waals surface area contributed by atoms with Crippen molar-refractivity contribution in [1.82, 2.24) is 0 Å². The molecular weight excluding hydrogens is 220 g/mol. The van der Waals surface area contributed by atoms with Crippen LogP contribution in [-0.4, -0.2) is 5.78 Å². The molecule has 0 aromatic heterocycles. The first-order valence-corrected chi connectivity index (χ1v) is 8.22. The molecule has 0 aromatic rings. The normalized spacial score (nSPS) is 12.6. The van der Waals surface area contributed by atoms with Crippen molar-refractivity contribution in [1.29, 1.82) is 0 Å². The zero-order valence-corrected chi connectivity index (χ0v) is 13.0. The molecule has 0 heterocycles. The molecule has 0 spiro atoms. The molecule has 0 saturated carbocycles. The van der Waals surface area contributed by atoms with Crippen molar-refractivity contribution < 1.29 is 4.79 Å². The predicted octanol–water partition coefficient (Wildman–Crippen LogP) is 5.91. The second kappa shape index (κ2) is 13.1. The summed E-state index contributed by atoms with van der Waals surface area (Å²) >= 11 is 0. The first-order valence-electron chi connectivity index (χ1n) is 8.22. The molecule has 0 aliphatic carbocycles. The van der Waals surface area contributed by atoms with E-state index in [1.165, 1.54) is 64.2 Å². The van der Waals surface area contributed by atoms with E-state index in [1.54, 1.807) is 6.92 Å². The number of carbonyl (C=O) groups is 1. The van der Waals surface area contributed by atoms with Crippen LogP contribution in [0.1, 0.15) is 97.8 Å². The minimum atomic E-state index is 0.332. The third-order valence-corrected chi connectivity index (χ3v) is 3.97. The van der Waals surface area contributed by atoms with Crippen LogP contribution in [0.25, 0.3) is 0 Å². The quantitative estimate of drug-likeness (QED) is 0.373. The number of hydrogen-bond acceptors (Lipinski definition) is 1. The number of rotatable bonds is 13. The van der Waals surface area contributed by atoms with Crippen LogP contribution in [0.3, 0.4) is 0 Å². The Morgan fingerprint density at radius 2 is 1.22 bits per heavy atom. The van der Waals surface area contributed by atoms with E-state index in [4.69, 9.17) is 0 Å². The monoisotopic (exact) mass is 254 g/mol. The predicted molar refractivity (Wildman–Crippen MR) is 80.9 cm³/mol. The molecule has 0 N–H and O–H groups in total. The third kappa shape index (κ3) is 10.8. The van der Waals surface area contributed by atoms with Gasteiger partial charge in [0.2, 0.25) is 0 Å². The Morgan fingerprint density at radius 3 is 1.61 bits per heavy atom. The molecule has 0 fully saturated rings. The smallest absolute Gasteiger partial charge is 0.132 e. The van der Waals surface area contributed by atoms with Crippen LogP contribution < -0.4 is 0 Å². The van der Waals surface area contributed by atoms with Gasteiger partial charge < -0.3 is 0 Å². The molecule has 0 amide bonds. The lowest BCUT2D eigenvalue weighted by molar-refractivity contribution is -0.121. The van der Waals surface area contributed by atoms with Crippen LogP contribution in [0.5, 0.6) is 0 Å². The van der Waals surface area contributed by atoms with Crippen molar-refractivity contribution in [3.05, 3.63) is 0 Å². The summed E-state index contributed by atoms with van der Waals surface area (Å²) in [7, 11) is 0. The Hall–Kier alpha value is -0.330. The van der Waals surface area contributed by atoms with Gasteiger partial charge in [0.1, 0.15) is 5.78 Å². The van der Waals surface area contributed by atoms with Gasteiger partial charge in [-0.15, -0.1) is 0 Å². The van der Waals surface area contributed by atoms with Gasteiger partial charge in [-0.25, -0.2) is 0 Å². The molecule has 0 aliphatic heterocycles. The molecule has 0 aromatic carbocycles. The number of carbonyl (C=O) groups excluding carboxylic acids is 1. The number of Topliss-reactive ketones (excluding diaryl/α,β-unsaturated/α-hetero) is 1. The molecule has 1 unspecified atom stereocenters. The lowest BCUT2D eigenvalue weighted by Gasteiger charge is -2.10. The van der Waals surface area contributed by atoms with Crippen LogP contribution in [0, 0.1) is 5.92 Å². The van der Waals surface area contributed by atoms with Gasteiger partial charge in [0.05, 0.1) is 0 Å². The number of hydrogen-bond donors (Lipinski definition) is 0. The lowest BCUT2D eigenvalue weighted by atomic mass is 9.94. The minimum Gasteiger partial charge on any atom is -0.300 e. The average molecular weight is 254 g/mol. The first kappa shape index (κ1) is 17.7. The van der Waals surface area contributed by atoms with Crippen molar-refractivity contribution in [3.63, 3.8) is 0 Å². The highest BCUT2D eigenvalue weighted by Crippen LogP contribution is 2.16. The largest absolute Gasteiger partial charge is 0.300 e. The van der Waals surface area contributed by atoms with E-state index < -0.39 is 0 Å². The molecule has 0 rings (SSSR count). The van der Waals surface area contributed by atoms with Crippen molar-refractivity contribution in [2.45, 2.75) is 97.8 Å². The molecule has 0 aliphatic rings. The fraction of sp³-hybridized carbons (Fsp3) is 0.941. The first-order chi connectivity index (χ1) is 8.72. The van der Waals surface area contributed by atoms with Crippen LogP contribution in [0.2, 0.25) is 0 Å². The van der Waals surface area contributed by atoms with Gasteiger partial charge in [0, 0.05) is 5.92 Å². The maximum atomic E-state index is 11.3. The van der Waals surface area contributed by atoms with E-state index in [0.29, 0.717) is 11.7 Å². The van der Waals surface area contributed by atoms with E-state index in [1.807, 2.05) is 0 Å². The highest BCUT2D eigenvalue weighted by Gasteiger charge is 2.10. The third-order valence-electron chi connectivity index (χ3n) is 3.97. The van der Waals surface area contributed by atoms with Gasteiger partial charge in [0.15, 0.2) is 0 Å². The Kier molecular flexibility index (Phi) is 12.9. The van der Waals surface area contributed by atoms with Crippen molar-refractivity contribution in [3.8, 4) is 0 Å². The fourth-order valence-corrected chi connectivity index (χ4v) is 2.57. The summed E-state index contributed by atoms with van der Waals surface area (Å²) in [5.74, 6) is 0.715. The second-order valence-corrected chi connectivity index (χ2v) is 5.69. The van der Waals surface area contributed by atoms with Gasteiger partial charge in [-0.2, -0.15) is 0 Å². The van der Waals surface area contributed by atoms with Crippen LogP contribution in [0.15, 0.2) is 0 Å². The van der Waals surface area contributed by atoms with E-state index >= 15 is 0 Å². The van der Waals surface area contributed by atoms with Crippen LogP contribution in [-0.2, 0) is 4.79 Å². The Balaban J connectivity index is 3.18. The van der Waals surface area contributed by atoms with E-state index in [-0.39, 0.29) is 0 Å². The lowest BCUT2D eigenvalue weighted by Crippen LogP contribution is -2.09. The molecule has 1 nitrogen and oxygen atoms in total. The topological polar surface area (TPSA) is 17.1 Å². The van der Waals surface area contributed by atoms with Gasteiger partial charge >= 0.3 is 0 Å². The zero-order valence-electron chi connectivity index (χ0n) is 13.0. The van der Waals surface area contributed by atoms with Crippen molar-refractivity contribution >= 4 is 5.78 Å². The van der Waals surface area contributed by atoms with Crippen molar-refractivity contribution in [2.24, 2.45) is 5.92 Å². The Bertz CT molecular complexity index is 186. The van der Waals surface area contributed by atoms with Gasteiger partial charge in [-0.3, -0.25) is 4.79 Å². The summed E-state index contributed by atoms with van der Waals surface area (Å²) in [6.45, 7) is 6.14. The summed E-state index contributed by atoms with van der Waals surface area (Å²) < 4.78 is 0. The molecule has 108 valence electrons. The highest BCUT2D eigenvalue weighted by atomic mass is 16.1. The summed E-state index contributed by atoms with van der Waals surface area (Å²) in [4.78, 5) is 11.3. The SMILES string of the molecule is CCCCCCCCCCCCC(CC)C(C)=O. The fourth-order valence-electron chi connectivity index (χ4n) is 2.57. The average Bonchev–Trinajstić information content (AvgIpc) is 2.35. The van der Waals surface area contributed by atoms with E-state index in [9.17, 15) is 4.79 Å². The maximum Gasteiger partial charge on any atom is 0.132 e. The van der Waals surface area contributed by atoms with Crippen molar-refractivity contribution in [2.75, 3.05) is 0 Å². The highest BCUT2D eigenvalue weighted by molar-refractivity contribution is 5.78. The summed E-state index contributed by atoms with van der Waals surface area (Å²) in [5, 5.41) is 0. The molecule has 1 atom stereocenters. The zero-order chi connectivity index (χ0) is 13.6. The molecule has 1 heteroatoms. The molecular formula is C17H34O. The molecule has 18 heavy (non-hydrogen) atoms. The summed E-state index contributed by atoms with van der Waals surface area (Å²) in [6, 6.07) is 0. The number of unbranched alkanes of at least 4 members (excludes halogenated alkanes) is 9. The molecule has 0 radical (unpaired) electrons. The maximum absolute atomic E-state index is 11.3. The van der Waals surface area contributed by atoms with E-state index in [2.05, 4.69) is 13.8 Å². The standard InChI is InChI=1S/C17H34O/c1-4-6-7-8-9-10-11-12-13-14-15-17(5-2)16(3)18/h17H,4-15H2,1-3H3. The second-order valence-electron chi connectivity index (χ2n) is 5.69.